The summed E-state index contributed by atoms with van der Waals surface area (Å²) in [5.41, 5.74) is 0.125. The standard InChI is InChI=1S/C15H26O2/c1-5-6-7-8-10-13(2)11-9-12-14(16)15(3,4)17/h6-7,11,17H,5,8-10,12H2,1-4H3/b7-6+,13-11+. The molecular formula is C15H26O2. The highest BCUT2D eigenvalue weighted by Gasteiger charge is 2.22. The van der Waals surface area contributed by atoms with E-state index in [1.54, 1.807) is 13.8 Å². The van der Waals surface area contributed by atoms with Crippen molar-refractivity contribution in [2.24, 2.45) is 0 Å². The van der Waals surface area contributed by atoms with E-state index < -0.39 is 5.60 Å². The summed E-state index contributed by atoms with van der Waals surface area (Å²) in [6.45, 7) is 7.30. The average Bonchev–Trinajstić information content (AvgIpc) is 2.23. The van der Waals surface area contributed by atoms with Gasteiger partial charge in [-0.25, -0.2) is 0 Å². The van der Waals surface area contributed by atoms with E-state index in [1.807, 2.05) is 0 Å². The van der Waals surface area contributed by atoms with Gasteiger partial charge in [-0.3, -0.25) is 4.79 Å². The van der Waals surface area contributed by atoms with Crippen LogP contribution in [0.5, 0.6) is 0 Å². The van der Waals surface area contributed by atoms with Crippen molar-refractivity contribution < 1.29 is 9.90 Å². The highest BCUT2D eigenvalue weighted by molar-refractivity contribution is 5.86. The molecule has 0 heterocycles. The van der Waals surface area contributed by atoms with E-state index in [2.05, 4.69) is 32.1 Å². The Morgan fingerprint density at radius 1 is 1.18 bits per heavy atom. The smallest absolute Gasteiger partial charge is 0.164 e. The summed E-state index contributed by atoms with van der Waals surface area (Å²) >= 11 is 0. The van der Waals surface area contributed by atoms with Gasteiger partial charge in [0.15, 0.2) is 5.78 Å². The molecule has 1 N–H and O–H groups in total. The molecule has 0 amide bonds. The molecular weight excluding hydrogens is 212 g/mol. The summed E-state index contributed by atoms with van der Waals surface area (Å²) in [7, 11) is 0. The summed E-state index contributed by atoms with van der Waals surface area (Å²) in [6.07, 6.45) is 10.8. The van der Waals surface area contributed by atoms with Gasteiger partial charge in [-0.05, 0) is 46.5 Å². The number of rotatable bonds is 8. The number of carbonyl (C=O) groups is 1. The third kappa shape index (κ3) is 8.87. The number of allylic oxidation sites excluding steroid dienone is 4. The first kappa shape index (κ1) is 16.1. The lowest BCUT2D eigenvalue weighted by Gasteiger charge is -2.14. The Morgan fingerprint density at radius 2 is 1.82 bits per heavy atom. The molecule has 2 heteroatoms. The Kier molecular flexibility index (Phi) is 7.81. The molecule has 0 saturated carbocycles. The maximum absolute atomic E-state index is 11.5. The van der Waals surface area contributed by atoms with Crippen molar-refractivity contribution in [3.8, 4) is 0 Å². The zero-order valence-electron chi connectivity index (χ0n) is 11.6. The van der Waals surface area contributed by atoms with Crippen LogP contribution in [0.4, 0.5) is 0 Å². The zero-order valence-corrected chi connectivity index (χ0v) is 11.6. The second-order valence-electron chi connectivity index (χ2n) is 4.99. The minimum absolute atomic E-state index is 0.0903. The van der Waals surface area contributed by atoms with Gasteiger partial charge in [-0.2, -0.15) is 0 Å². The Morgan fingerprint density at radius 3 is 2.35 bits per heavy atom. The van der Waals surface area contributed by atoms with E-state index >= 15 is 0 Å². The molecule has 0 fully saturated rings. The quantitative estimate of drug-likeness (QED) is 0.653. The van der Waals surface area contributed by atoms with Crippen LogP contribution in [-0.4, -0.2) is 16.5 Å². The van der Waals surface area contributed by atoms with Crippen LogP contribution in [0.15, 0.2) is 23.8 Å². The molecule has 0 aliphatic carbocycles. The second kappa shape index (κ2) is 8.24. The van der Waals surface area contributed by atoms with Crippen LogP contribution >= 0.6 is 0 Å². The first-order valence-electron chi connectivity index (χ1n) is 6.44. The lowest BCUT2D eigenvalue weighted by atomic mass is 9.99. The van der Waals surface area contributed by atoms with Crippen LogP contribution in [0.2, 0.25) is 0 Å². The molecule has 0 aromatic carbocycles. The molecule has 17 heavy (non-hydrogen) atoms. The molecule has 0 aliphatic heterocycles. The molecule has 0 spiro atoms. The van der Waals surface area contributed by atoms with E-state index in [0.29, 0.717) is 6.42 Å². The highest BCUT2D eigenvalue weighted by Crippen LogP contribution is 2.11. The van der Waals surface area contributed by atoms with E-state index in [-0.39, 0.29) is 5.78 Å². The van der Waals surface area contributed by atoms with E-state index in [1.165, 1.54) is 5.57 Å². The molecule has 0 aromatic rings. The number of Topliss-reactive ketones (excluding diaryl/α,β-unsaturated/α-hetero) is 1. The molecule has 0 rings (SSSR count). The van der Waals surface area contributed by atoms with E-state index in [0.717, 1.165) is 25.7 Å². The van der Waals surface area contributed by atoms with Gasteiger partial charge in [-0.15, -0.1) is 0 Å². The van der Waals surface area contributed by atoms with E-state index in [9.17, 15) is 9.90 Å². The van der Waals surface area contributed by atoms with Crippen LogP contribution in [0.3, 0.4) is 0 Å². The Hall–Kier alpha value is -0.890. The molecule has 0 saturated heterocycles. The van der Waals surface area contributed by atoms with Crippen molar-refractivity contribution in [2.75, 3.05) is 0 Å². The predicted octanol–water partition coefficient (Wildman–Crippen LogP) is 3.80. The summed E-state index contributed by atoms with van der Waals surface area (Å²) in [5.74, 6) is -0.0903. The van der Waals surface area contributed by atoms with Crippen LogP contribution in [-0.2, 0) is 4.79 Å². The first-order valence-corrected chi connectivity index (χ1v) is 6.44. The molecule has 0 bridgehead atoms. The van der Waals surface area contributed by atoms with Crippen molar-refractivity contribution in [2.45, 2.75) is 65.4 Å². The Bertz CT molecular complexity index is 280. The van der Waals surface area contributed by atoms with Crippen molar-refractivity contribution in [1.82, 2.24) is 0 Å². The van der Waals surface area contributed by atoms with Gasteiger partial charge in [0, 0.05) is 6.42 Å². The molecule has 0 aromatic heterocycles. The monoisotopic (exact) mass is 238 g/mol. The van der Waals surface area contributed by atoms with Gasteiger partial charge in [0.1, 0.15) is 5.60 Å². The maximum atomic E-state index is 11.5. The average molecular weight is 238 g/mol. The Labute approximate surface area is 105 Å². The van der Waals surface area contributed by atoms with Crippen LogP contribution in [0.25, 0.3) is 0 Å². The van der Waals surface area contributed by atoms with Gasteiger partial charge in [-0.1, -0.05) is 30.7 Å². The van der Waals surface area contributed by atoms with Crippen molar-refractivity contribution in [3.63, 3.8) is 0 Å². The lowest BCUT2D eigenvalue weighted by Crippen LogP contribution is -2.30. The largest absolute Gasteiger partial charge is 0.383 e. The van der Waals surface area contributed by atoms with Crippen molar-refractivity contribution in [3.05, 3.63) is 23.8 Å². The number of hydrogen-bond acceptors (Lipinski definition) is 2. The first-order chi connectivity index (χ1) is 7.88. The van der Waals surface area contributed by atoms with Crippen LogP contribution in [0.1, 0.15) is 59.8 Å². The van der Waals surface area contributed by atoms with Gasteiger partial charge < -0.3 is 5.11 Å². The topological polar surface area (TPSA) is 37.3 Å². The summed E-state index contributed by atoms with van der Waals surface area (Å²) in [5, 5.41) is 9.47. The number of carbonyl (C=O) groups excluding carboxylic acids is 1. The summed E-state index contributed by atoms with van der Waals surface area (Å²) in [4.78, 5) is 11.5. The maximum Gasteiger partial charge on any atom is 0.164 e. The lowest BCUT2D eigenvalue weighted by molar-refractivity contribution is -0.133. The third-order valence-corrected chi connectivity index (χ3v) is 2.65. The highest BCUT2D eigenvalue weighted by atomic mass is 16.3. The Balaban J connectivity index is 3.85. The number of ketones is 1. The third-order valence-electron chi connectivity index (χ3n) is 2.65. The van der Waals surface area contributed by atoms with Gasteiger partial charge >= 0.3 is 0 Å². The molecule has 0 unspecified atom stereocenters. The molecule has 0 atom stereocenters. The molecule has 0 radical (unpaired) electrons. The van der Waals surface area contributed by atoms with E-state index in [4.69, 9.17) is 0 Å². The van der Waals surface area contributed by atoms with Gasteiger partial charge in [0.05, 0.1) is 0 Å². The zero-order chi connectivity index (χ0) is 13.3. The fourth-order valence-corrected chi connectivity index (χ4v) is 1.45. The number of hydrogen-bond donors (Lipinski definition) is 1. The SMILES string of the molecule is CC/C=C/CC/C(C)=C/CCC(=O)C(C)(C)O. The minimum Gasteiger partial charge on any atom is -0.383 e. The predicted molar refractivity (Wildman–Crippen MR) is 73.0 cm³/mol. The van der Waals surface area contributed by atoms with Gasteiger partial charge in [0.25, 0.3) is 0 Å². The van der Waals surface area contributed by atoms with Gasteiger partial charge in [0.2, 0.25) is 0 Å². The fourth-order valence-electron chi connectivity index (χ4n) is 1.45. The number of aliphatic hydroxyl groups is 1. The summed E-state index contributed by atoms with van der Waals surface area (Å²) < 4.78 is 0. The normalized spacial score (nSPS) is 13.4. The van der Waals surface area contributed by atoms with Crippen molar-refractivity contribution in [1.29, 1.82) is 0 Å². The molecule has 98 valence electrons. The molecule has 0 aliphatic rings. The minimum atomic E-state index is -1.19. The van der Waals surface area contributed by atoms with Crippen LogP contribution in [0, 0.1) is 0 Å². The van der Waals surface area contributed by atoms with Crippen LogP contribution < -0.4 is 0 Å². The molecule has 2 nitrogen and oxygen atoms in total. The van der Waals surface area contributed by atoms with Crippen molar-refractivity contribution >= 4 is 5.78 Å². The summed E-state index contributed by atoms with van der Waals surface area (Å²) in [6, 6.07) is 0. The fraction of sp³-hybridized carbons (Fsp3) is 0.667. The second-order valence-corrected chi connectivity index (χ2v) is 4.99.